The fourth-order valence-corrected chi connectivity index (χ4v) is 2.65. The number of amides is 2. The minimum atomic E-state index is -0.457. The van der Waals surface area contributed by atoms with E-state index in [0.29, 0.717) is 21.3 Å². The number of anilines is 1. The smallest absolute Gasteiger partial charge is 0.272 e. The van der Waals surface area contributed by atoms with Crippen molar-refractivity contribution in [2.24, 2.45) is 0 Å². The highest BCUT2D eigenvalue weighted by molar-refractivity contribution is 6.31. The third-order valence-electron chi connectivity index (χ3n) is 3.81. The van der Waals surface area contributed by atoms with E-state index < -0.39 is 5.91 Å². The standard InChI is InChI=1S/C22H16Cl2N2O2/c23-17-8-6-15(7-9-17)14-20(26-21(27)16-4-2-1-3-5-16)22(28)25-19-12-10-18(24)11-13-19/h1-14H,(H,25,28)(H,26,27). The first kappa shape index (κ1) is 19.7. The van der Waals surface area contributed by atoms with E-state index in [1.54, 1.807) is 78.9 Å². The molecule has 0 fully saturated rings. The molecule has 0 bridgehead atoms. The van der Waals surface area contributed by atoms with Gasteiger partial charge in [-0.2, -0.15) is 0 Å². The van der Waals surface area contributed by atoms with Gasteiger partial charge in [0.1, 0.15) is 5.70 Å². The Morgan fingerprint density at radius 2 is 1.32 bits per heavy atom. The molecule has 3 aromatic carbocycles. The Morgan fingerprint density at radius 1 is 0.750 bits per heavy atom. The molecule has 0 atom stereocenters. The molecule has 0 aliphatic heterocycles. The van der Waals surface area contributed by atoms with Gasteiger partial charge in [0, 0.05) is 21.3 Å². The van der Waals surface area contributed by atoms with E-state index >= 15 is 0 Å². The summed E-state index contributed by atoms with van der Waals surface area (Å²) in [6.07, 6.45) is 1.59. The zero-order valence-electron chi connectivity index (χ0n) is 14.7. The summed E-state index contributed by atoms with van der Waals surface area (Å²) in [6, 6.07) is 22.3. The number of benzene rings is 3. The first-order valence-corrected chi connectivity index (χ1v) is 9.17. The summed E-state index contributed by atoms with van der Waals surface area (Å²) in [7, 11) is 0. The van der Waals surface area contributed by atoms with Crippen molar-refractivity contribution in [2.75, 3.05) is 5.32 Å². The number of carbonyl (C=O) groups is 2. The third kappa shape index (κ3) is 5.46. The molecular formula is C22H16Cl2N2O2. The van der Waals surface area contributed by atoms with Crippen LogP contribution in [-0.2, 0) is 4.79 Å². The van der Waals surface area contributed by atoms with Crippen LogP contribution in [0.2, 0.25) is 10.0 Å². The monoisotopic (exact) mass is 410 g/mol. The highest BCUT2D eigenvalue weighted by atomic mass is 35.5. The van der Waals surface area contributed by atoms with Gasteiger partial charge in [-0.3, -0.25) is 9.59 Å². The zero-order chi connectivity index (χ0) is 19.9. The first-order valence-electron chi connectivity index (χ1n) is 8.42. The maximum Gasteiger partial charge on any atom is 0.272 e. The lowest BCUT2D eigenvalue weighted by molar-refractivity contribution is -0.113. The van der Waals surface area contributed by atoms with Crippen LogP contribution < -0.4 is 10.6 Å². The van der Waals surface area contributed by atoms with Crippen LogP contribution in [0.4, 0.5) is 5.69 Å². The Kier molecular flexibility index (Phi) is 6.48. The van der Waals surface area contributed by atoms with E-state index in [4.69, 9.17) is 23.2 Å². The van der Waals surface area contributed by atoms with E-state index in [1.165, 1.54) is 0 Å². The van der Waals surface area contributed by atoms with E-state index in [0.717, 1.165) is 5.56 Å². The predicted octanol–water partition coefficient (Wildman–Crippen LogP) is 5.40. The van der Waals surface area contributed by atoms with E-state index in [-0.39, 0.29) is 11.6 Å². The van der Waals surface area contributed by atoms with Crippen LogP contribution >= 0.6 is 23.2 Å². The molecule has 0 radical (unpaired) electrons. The number of hydrogen-bond acceptors (Lipinski definition) is 2. The van der Waals surface area contributed by atoms with Crippen molar-refractivity contribution in [2.45, 2.75) is 0 Å². The second-order valence-corrected chi connectivity index (χ2v) is 6.76. The molecule has 0 heterocycles. The average molecular weight is 411 g/mol. The molecule has 0 unspecified atom stereocenters. The molecule has 0 saturated heterocycles. The van der Waals surface area contributed by atoms with Gasteiger partial charge in [-0.15, -0.1) is 0 Å². The van der Waals surface area contributed by atoms with Gasteiger partial charge < -0.3 is 10.6 Å². The summed E-state index contributed by atoms with van der Waals surface area (Å²) in [5, 5.41) is 6.57. The minimum absolute atomic E-state index is 0.103. The Hall–Kier alpha value is -3.08. The van der Waals surface area contributed by atoms with Gasteiger partial charge in [0.15, 0.2) is 0 Å². The minimum Gasteiger partial charge on any atom is -0.321 e. The lowest BCUT2D eigenvalue weighted by Crippen LogP contribution is -2.30. The lowest BCUT2D eigenvalue weighted by Gasteiger charge is -2.11. The quantitative estimate of drug-likeness (QED) is 0.552. The third-order valence-corrected chi connectivity index (χ3v) is 4.32. The molecule has 2 N–H and O–H groups in total. The highest BCUT2D eigenvalue weighted by Gasteiger charge is 2.15. The molecule has 140 valence electrons. The van der Waals surface area contributed by atoms with E-state index in [1.807, 2.05) is 6.07 Å². The zero-order valence-corrected chi connectivity index (χ0v) is 16.2. The number of carbonyl (C=O) groups excluding carboxylic acids is 2. The van der Waals surface area contributed by atoms with Crippen molar-refractivity contribution in [1.82, 2.24) is 5.32 Å². The van der Waals surface area contributed by atoms with Gasteiger partial charge in [0.25, 0.3) is 11.8 Å². The van der Waals surface area contributed by atoms with Crippen molar-refractivity contribution >= 4 is 46.8 Å². The first-order chi connectivity index (χ1) is 13.5. The maximum absolute atomic E-state index is 12.8. The number of halogens is 2. The summed E-state index contributed by atoms with van der Waals surface area (Å²) < 4.78 is 0. The SMILES string of the molecule is O=C(Nc1ccc(Cl)cc1)C(=Cc1ccc(Cl)cc1)NC(=O)c1ccccc1. The summed E-state index contributed by atoms with van der Waals surface area (Å²) >= 11 is 11.8. The fourth-order valence-electron chi connectivity index (χ4n) is 2.40. The van der Waals surface area contributed by atoms with Gasteiger partial charge >= 0.3 is 0 Å². The molecular weight excluding hydrogens is 395 g/mol. The molecule has 0 aromatic heterocycles. The van der Waals surface area contributed by atoms with Crippen LogP contribution in [0.15, 0.2) is 84.6 Å². The molecule has 0 spiro atoms. The Bertz CT molecular complexity index is 999. The molecule has 6 heteroatoms. The molecule has 3 aromatic rings. The Labute approximate surface area is 172 Å². The fraction of sp³-hybridized carbons (Fsp3) is 0. The number of hydrogen-bond donors (Lipinski definition) is 2. The van der Waals surface area contributed by atoms with E-state index in [2.05, 4.69) is 10.6 Å². The molecule has 2 amide bonds. The molecule has 3 rings (SSSR count). The van der Waals surface area contributed by atoms with Crippen LogP contribution in [-0.4, -0.2) is 11.8 Å². The van der Waals surface area contributed by atoms with Crippen LogP contribution in [0.1, 0.15) is 15.9 Å². The second kappa shape index (κ2) is 9.22. The average Bonchev–Trinajstić information content (AvgIpc) is 2.71. The Balaban J connectivity index is 1.86. The topological polar surface area (TPSA) is 58.2 Å². The van der Waals surface area contributed by atoms with Crippen molar-refractivity contribution < 1.29 is 9.59 Å². The van der Waals surface area contributed by atoms with Crippen LogP contribution in [0.25, 0.3) is 6.08 Å². The van der Waals surface area contributed by atoms with Crippen molar-refractivity contribution in [3.05, 3.63) is 106 Å². The summed E-state index contributed by atoms with van der Waals surface area (Å²) in [4.78, 5) is 25.3. The van der Waals surface area contributed by atoms with Crippen LogP contribution in [0.3, 0.4) is 0 Å². The largest absolute Gasteiger partial charge is 0.321 e. The maximum atomic E-state index is 12.8. The van der Waals surface area contributed by atoms with Gasteiger partial charge in [0.05, 0.1) is 0 Å². The molecule has 0 aliphatic carbocycles. The van der Waals surface area contributed by atoms with E-state index in [9.17, 15) is 9.59 Å². The summed E-state index contributed by atoms with van der Waals surface area (Å²) in [5.41, 5.74) is 1.83. The molecule has 0 saturated carbocycles. The van der Waals surface area contributed by atoms with Crippen molar-refractivity contribution in [3.8, 4) is 0 Å². The van der Waals surface area contributed by atoms with Crippen LogP contribution in [0, 0.1) is 0 Å². The van der Waals surface area contributed by atoms with Gasteiger partial charge in [0.2, 0.25) is 0 Å². The van der Waals surface area contributed by atoms with Crippen LogP contribution in [0.5, 0.6) is 0 Å². The van der Waals surface area contributed by atoms with Gasteiger partial charge in [-0.05, 0) is 60.2 Å². The molecule has 0 aliphatic rings. The van der Waals surface area contributed by atoms with Gasteiger partial charge in [-0.25, -0.2) is 0 Å². The normalized spacial score (nSPS) is 11.0. The predicted molar refractivity (Wildman–Crippen MR) is 113 cm³/mol. The summed E-state index contributed by atoms with van der Waals surface area (Å²) in [5.74, 6) is -0.839. The second-order valence-electron chi connectivity index (χ2n) is 5.89. The molecule has 4 nitrogen and oxygen atoms in total. The molecule has 28 heavy (non-hydrogen) atoms. The Morgan fingerprint density at radius 3 is 1.93 bits per heavy atom. The lowest BCUT2D eigenvalue weighted by atomic mass is 10.1. The number of rotatable bonds is 5. The number of nitrogens with one attached hydrogen (secondary N) is 2. The van der Waals surface area contributed by atoms with Crippen molar-refractivity contribution in [3.63, 3.8) is 0 Å². The highest BCUT2D eigenvalue weighted by Crippen LogP contribution is 2.16. The summed E-state index contributed by atoms with van der Waals surface area (Å²) in [6.45, 7) is 0. The van der Waals surface area contributed by atoms with Gasteiger partial charge in [-0.1, -0.05) is 53.5 Å². The van der Waals surface area contributed by atoms with Crippen molar-refractivity contribution in [1.29, 1.82) is 0 Å².